The fourth-order valence-electron chi connectivity index (χ4n) is 2.79. The zero-order valence-electron chi connectivity index (χ0n) is 12.2. The van der Waals surface area contributed by atoms with Gasteiger partial charge >= 0.3 is 0 Å². The summed E-state index contributed by atoms with van der Waals surface area (Å²) < 4.78 is 0. The van der Waals surface area contributed by atoms with Gasteiger partial charge in [0.1, 0.15) is 0 Å². The zero-order chi connectivity index (χ0) is 14.4. The molecule has 0 saturated carbocycles. The van der Waals surface area contributed by atoms with E-state index in [4.69, 9.17) is 23.2 Å². The second-order valence-corrected chi connectivity index (χ2v) is 6.27. The van der Waals surface area contributed by atoms with Crippen molar-refractivity contribution < 1.29 is 0 Å². The quantitative estimate of drug-likeness (QED) is 0.796. The number of halogens is 2. The van der Waals surface area contributed by atoms with Crippen LogP contribution in [0.3, 0.4) is 0 Å². The van der Waals surface area contributed by atoms with Crippen molar-refractivity contribution in [3.63, 3.8) is 0 Å². The van der Waals surface area contributed by atoms with Crippen LogP contribution in [0.25, 0.3) is 0 Å². The molecule has 1 fully saturated rings. The lowest BCUT2D eigenvalue weighted by molar-refractivity contribution is 0.310. The average Bonchev–Trinajstić information content (AvgIpc) is 2.96. The minimum Gasteiger partial charge on any atom is -0.310 e. The lowest BCUT2D eigenvalue weighted by Crippen LogP contribution is -2.28. The van der Waals surface area contributed by atoms with Crippen LogP contribution in [0.2, 0.25) is 10.0 Å². The lowest BCUT2D eigenvalue weighted by atomic mass is 10.0. The van der Waals surface area contributed by atoms with Gasteiger partial charge in [0.05, 0.1) is 10.0 Å². The zero-order valence-corrected chi connectivity index (χ0v) is 13.7. The summed E-state index contributed by atoms with van der Waals surface area (Å²) in [7, 11) is 0. The largest absolute Gasteiger partial charge is 0.310 e. The summed E-state index contributed by atoms with van der Waals surface area (Å²) in [6.07, 6.45) is 4.88. The van der Waals surface area contributed by atoms with E-state index in [0.717, 1.165) is 31.5 Å². The molecule has 1 aliphatic heterocycles. The van der Waals surface area contributed by atoms with Crippen LogP contribution in [0.5, 0.6) is 0 Å². The second kappa shape index (κ2) is 8.23. The van der Waals surface area contributed by atoms with Crippen molar-refractivity contribution in [3.8, 4) is 0 Å². The summed E-state index contributed by atoms with van der Waals surface area (Å²) in [6, 6.07) is 6.22. The van der Waals surface area contributed by atoms with Crippen LogP contribution in [-0.2, 0) is 0 Å². The predicted molar refractivity (Wildman–Crippen MR) is 87.8 cm³/mol. The normalized spacial score (nSPS) is 17.6. The van der Waals surface area contributed by atoms with Crippen molar-refractivity contribution in [3.05, 3.63) is 33.8 Å². The first-order valence-corrected chi connectivity index (χ1v) is 8.37. The summed E-state index contributed by atoms with van der Waals surface area (Å²) >= 11 is 12.5. The van der Waals surface area contributed by atoms with E-state index < -0.39 is 0 Å². The highest BCUT2D eigenvalue weighted by molar-refractivity contribution is 6.42. The fraction of sp³-hybridized carbons (Fsp3) is 0.625. The third-order valence-electron chi connectivity index (χ3n) is 3.93. The third kappa shape index (κ3) is 4.36. The van der Waals surface area contributed by atoms with Gasteiger partial charge in [-0.3, -0.25) is 0 Å². The molecule has 0 aliphatic carbocycles. The first-order chi connectivity index (χ1) is 9.72. The number of rotatable bonds is 7. The van der Waals surface area contributed by atoms with E-state index in [0.29, 0.717) is 16.1 Å². The Hall–Kier alpha value is -0.280. The van der Waals surface area contributed by atoms with Gasteiger partial charge in [0, 0.05) is 6.04 Å². The molecule has 0 radical (unpaired) electrons. The Kier molecular flexibility index (Phi) is 6.63. The molecule has 1 N–H and O–H groups in total. The number of benzene rings is 1. The molecule has 0 spiro atoms. The SMILES string of the molecule is CCCNC(CCN1CCCC1)c1cccc(Cl)c1Cl. The smallest absolute Gasteiger partial charge is 0.0640 e. The molecule has 20 heavy (non-hydrogen) atoms. The van der Waals surface area contributed by atoms with E-state index in [2.05, 4.69) is 23.2 Å². The number of nitrogens with zero attached hydrogens (tertiary/aromatic N) is 1. The Morgan fingerprint density at radius 2 is 2.00 bits per heavy atom. The summed E-state index contributed by atoms with van der Waals surface area (Å²) in [5.41, 5.74) is 1.13. The number of hydrogen-bond donors (Lipinski definition) is 1. The fourth-order valence-corrected chi connectivity index (χ4v) is 3.23. The van der Waals surface area contributed by atoms with E-state index in [1.807, 2.05) is 12.1 Å². The van der Waals surface area contributed by atoms with Gasteiger partial charge in [-0.1, -0.05) is 42.3 Å². The minimum absolute atomic E-state index is 0.293. The van der Waals surface area contributed by atoms with E-state index in [-0.39, 0.29) is 0 Å². The predicted octanol–water partition coefficient (Wildman–Crippen LogP) is 4.52. The minimum atomic E-state index is 0.293. The van der Waals surface area contributed by atoms with E-state index in [9.17, 15) is 0 Å². The van der Waals surface area contributed by atoms with Crippen molar-refractivity contribution in [2.45, 2.75) is 38.6 Å². The number of likely N-dealkylation sites (tertiary alicyclic amines) is 1. The molecule has 1 aromatic carbocycles. The van der Waals surface area contributed by atoms with Crippen LogP contribution < -0.4 is 5.32 Å². The summed E-state index contributed by atoms with van der Waals surface area (Å²) in [4.78, 5) is 2.54. The van der Waals surface area contributed by atoms with E-state index >= 15 is 0 Å². The van der Waals surface area contributed by atoms with Crippen molar-refractivity contribution in [1.82, 2.24) is 10.2 Å². The molecule has 1 saturated heterocycles. The van der Waals surface area contributed by atoms with Gasteiger partial charge in [0.25, 0.3) is 0 Å². The molecule has 1 aliphatic rings. The molecule has 112 valence electrons. The maximum absolute atomic E-state index is 6.38. The van der Waals surface area contributed by atoms with Gasteiger partial charge in [-0.2, -0.15) is 0 Å². The van der Waals surface area contributed by atoms with Crippen LogP contribution >= 0.6 is 23.2 Å². The van der Waals surface area contributed by atoms with E-state index in [1.165, 1.54) is 25.9 Å². The van der Waals surface area contributed by atoms with Crippen LogP contribution in [0, 0.1) is 0 Å². The van der Waals surface area contributed by atoms with Crippen molar-refractivity contribution >= 4 is 23.2 Å². The molecular weight excluding hydrogens is 291 g/mol. The molecule has 4 heteroatoms. The lowest BCUT2D eigenvalue weighted by Gasteiger charge is -2.23. The molecule has 1 heterocycles. The summed E-state index contributed by atoms with van der Waals surface area (Å²) in [5.74, 6) is 0. The topological polar surface area (TPSA) is 15.3 Å². The van der Waals surface area contributed by atoms with Crippen LogP contribution in [0.15, 0.2) is 18.2 Å². The van der Waals surface area contributed by atoms with Gasteiger partial charge in [-0.05, 0) is 63.5 Å². The maximum atomic E-state index is 6.38. The van der Waals surface area contributed by atoms with Crippen molar-refractivity contribution in [1.29, 1.82) is 0 Å². The Balaban J connectivity index is 2.03. The van der Waals surface area contributed by atoms with Crippen molar-refractivity contribution in [2.75, 3.05) is 26.2 Å². The molecule has 0 aromatic heterocycles. The maximum Gasteiger partial charge on any atom is 0.0640 e. The van der Waals surface area contributed by atoms with Crippen molar-refractivity contribution in [2.24, 2.45) is 0 Å². The molecular formula is C16H24Cl2N2. The Labute approximate surface area is 132 Å². The summed E-state index contributed by atoms with van der Waals surface area (Å²) in [6.45, 7) is 6.80. The second-order valence-electron chi connectivity index (χ2n) is 5.49. The van der Waals surface area contributed by atoms with Gasteiger partial charge in [0.2, 0.25) is 0 Å². The first-order valence-electron chi connectivity index (χ1n) is 7.62. The molecule has 1 atom stereocenters. The molecule has 2 rings (SSSR count). The molecule has 0 amide bonds. The highest BCUT2D eigenvalue weighted by atomic mass is 35.5. The Morgan fingerprint density at radius 3 is 2.70 bits per heavy atom. The number of nitrogens with one attached hydrogen (secondary N) is 1. The van der Waals surface area contributed by atoms with Gasteiger partial charge in [0.15, 0.2) is 0 Å². The third-order valence-corrected chi connectivity index (χ3v) is 4.76. The monoisotopic (exact) mass is 314 g/mol. The van der Waals surface area contributed by atoms with Gasteiger partial charge in [-0.25, -0.2) is 0 Å². The molecule has 0 bridgehead atoms. The highest BCUT2D eigenvalue weighted by Crippen LogP contribution is 2.31. The number of hydrogen-bond acceptors (Lipinski definition) is 2. The molecule has 1 unspecified atom stereocenters. The highest BCUT2D eigenvalue weighted by Gasteiger charge is 2.18. The molecule has 1 aromatic rings. The van der Waals surface area contributed by atoms with Crippen LogP contribution in [0.1, 0.15) is 44.2 Å². The van der Waals surface area contributed by atoms with Crippen LogP contribution in [0.4, 0.5) is 0 Å². The van der Waals surface area contributed by atoms with Crippen LogP contribution in [-0.4, -0.2) is 31.1 Å². The average molecular weight is 315 g/mol. The molecule has 2 nitrogen and oxygen atoms in total. The van der Waals surface area contributed by atoms with E-state index in [1.54, 1.807) is 0 Å². The first kappa shape index (κ1) is 16.1. The van der Waals surface area contributed by atoms with Gasteiger partial charge < -0.3 is 10.2 Å². The summed E-state index contributed by atoms with van der Waals surface area (Å²) in [5, 5.41) is 4.95. The Bertz CT molecular complexity index is 417. The van der Waals surface area contributed by atoms with Gasteiger partial charge in [-0.15, -0.1) is 0 Å². The Morgan fingerprint density at radius 1 is 1.25 bits per heavy atom. The standard InChI is InChI=1S/C16H24Cl2N2/c1-2-9-19-15(8-12-20-10-3-4-11-20)13-6-5-7-14(17)16(13)18/h5-7,15,19H,2-4,8-12H2,1H3.